The summed E-state index contributed by atoms with van der Waals surface area (Å²) in [7, 11) is 1.75. The monoisotopic (exact) mass is 471 g/mol. The van der Waals surface area contributed by atoms with Gasteiger partial charge < -0.3 is 5.32 Å². The van der Waals surface area contributed by atoms with Crippen molar-refractivity contribution in [2.75, 3.05) is 5.32 Å². The van der Waals surface area contributed by atoms with E-state index in [0.717, 1.165) is 5.56 Å². The lowest BCUT2D eigenvalue weighted by Gasteiger charge is -2.04. The number of carbonyl (C=O) groups excluding carboxylic acids is 1. The first-order valence-electron chi connectivity index (χ1n) is 6.91. The van der Waals surface area contributed by atoms with E-state index in [4.69, 9.17) is 11.6 Å². The van der Waals surface area contributed by atoms with Gasteiger partial charge in [0.25, 0.3) is 5.91 Å². The van der Waals surface area contributed by atoms with Crippen molar-refractivity contribution in [2.24, 2.45) is 7.05 Å². The van der Waals surface area contributed by atoms with E-state index in [1.807, 2.05) is 24.3 Å². The Morgan fingerprint density at radius 3 is 2.62 bits per heavy atom. The molecule has 124 valence electrons. The molecule has 0 fully saturated rings. The quantitative estimate of drug-likeness (QED) is 0.621. The molecule has 0 saturated carbocycles. The van der Waals surface area contributed by atoms with Crippen molar-refractivity contribution < 1.29 is 4.79 Å². The largest absolute Gasteiger partial charge is 0.303 e. The maximum Gasteiger partial charge on any atom is 0.278 e. The highest BCUT2D eigenvalue weighted by molar-refractivity contribution is 9.11. The Balaban J connectivity index is 1.78. The van der Waals surface area contributed by atoms with E-state index >= 15 is 0 Å². The van der Waals surface area contributed by atoms with E-state index in [1.165, 1.54) is 0 Å². The Labute approximate surface area is 160 Å². The number of rotatable bonds is 4. The molecule has 1 N–H and O–H groups in total. The maximum absolute atomic E-state index is 12.3. The molecule has 0 unspecified atom stereocenters. The van der Waals surface area contributed by atoms with Gasteiger partial charge in [0.15, 0.2) is 11.5 Å². The minimum absolute atomic E-state index is 0.296. The number of hydrogen-bond donors (Lipinski definition) is 1. The average Bonchev–Trinajstić information content (AvgIpc) is 3.04. The fraction of sp³-hybridized carbons (Fsp3) is 0.133. The standard InChI is InChI=1S/C15H12Br2ClN5O/c1-22-7-10(16)13(20-22)15(24)19-14-11(17)8-23(21-14)6-9-4-2-3-5-12(9)18/h2-5,7-8H,6H2,1H3,(H,19,21,24). The van der Waals surface area contributed by atoms with Gasteiger partial charge in [-0.3, -0.25) is 14.2 Å². The molecule has 9 heteroatoms. The van der Waals surface area contributed by atoms with Gasteiger partial charge in [-0.2, -0.15) is 10.2 Å². The van der Waals surface area contributed by atoms with Crippen LogP contribution in [0.1, 0.15) is 16.1 Å². The number of amides is 1. The Bertz CT molecular complexity index is 905. The molecule has 0 aliphatic carbocycles. The van der Waals surface area contributed by atoms with Gasteiger partial charge in [-0.1, -0.05) is 29.8 Å². The molecule has 2 heterocycles. The highest BCUT2D eigenvalue weighted by Crippen LogP contribution is 2.24. The van der Waals surface area contributed by atoms with Gasteiger partial charge in [0.2, 0.25) is 0 Å². The lowest BCUT2D eigenvalue weighted by molar-refractivity contribution is 0.102. The van der Waals surface area contributed by atoms with Crippen LogP contribution < -0.4 is 5.32 Å². The smallest absolute Gasteiger partial charge is 0.278 e. The van der Waals surface area contributed by atoms with Crippen molar-refractivity contribution in [3.05, 3.63) is 61.9 Å². The van der Waals surface area contributed by atoms with Gasteiger partial charge in [-0.05, 0) is 43.5 Å². The number of nitrogens with zero attached hydrogens (tertiary/aromatic N) is 4. The molecule has 0 spiro atoms. The van der Waals surface area contributed by atoms with Crippen LogP contribution in [-0.2, 0) is 13.6 Å². The van der Waals surface area contributed by atoms with Gasteiger partial charge in [0.1, 0.15) is 0 Å². The van der Waals surface area contributed by atoms with E-state index in [0.29, 0.717) is 32.0 Å². The van der Waals surface area contributed by atoms with E-state index in [2.05, 4.69) is 47.4 Å². The van der Waals surface area contributed by atoms with Crippen LogP contribution >= 0.6 is 43.5 Å². The number of aryl methyl sites for hydroxylation is 1. The molecule has 0 saturated heterocycles. The van der Waals surface area contributed by atoms with Crippen molar-refractivity contribution in [2.45, 2.75) is 6.54 Å². The Morgan fingerprint density at radius 2 is 1.96 bits per heavy atom. The molecule has 2 aromatic heterocycles. The summed E-state index contributed by atoms with van der Waals surface area (Å²) >= 11 is 12.9. The Kier molecular flexibility index (Phi) is 5.07. The zero-order valence-corrected chi connectivity index (χ0v) is 16.4. The second-order valence-corrected chi connectivity index (χ2v) is 7.18. The zero-order chi connectivity index (χ0) is 17.3. The predicted octanol–water partition coefficient (Wildman–Crippen LogP) is 4.10. The van der Waals surface area contributed by atoms with Crippen LogP contribution in [0, 0.1) is 0 Å². The minimum atomic E-state index is -0.342. The fourth-order valence-corrected chi connectivity index (χ4v) is 3.31. The summed E-state index contributed by atoms with van der Waals surface area (Å²) in [6.07, 6.45) is 3.49. The van der Waals surface area contributed by atoms with Gasteiger partial charge in [0.05, 0.1) is 15.5 Å². The molecule has 1 aromatic carbocycles. The summed E-state index contributed by atoms with van der Waals surface area (Å²) in [5.74, 6) is 0.0794. The first-order chi connectivity index (χ1) is 11.4. The van der Waals surface area contributed by atoms with E-state index in [-0.39, 0.29) is 5.91 Å². The molecule has 0 atom stereocenters. The van der Waals surface area contributed by atoms with Crippen molar-refractivity contribution in [1.29, 1.82) is 0 Å². The van der Waals surface area contributed by atoms with Crippen LogP contribution in [0.2, 0.25) is 5.02 Å². The first-order valence-corrected chi connectivity index (χ1v) is 8.87. The van der Waals surface area contributed by atoms with Crippen LogP contribution in [-0.4, -0.2) is 25.5 Å². The van der Waals surface area contributed by atoms with Crippen LogP contribution in [0.25, 0.3) is 0 Å². The number of halogens is 3. The van der Waals surface area contributed by atoms with Crippen LogP contribution in [0.15, 0.2) is 45.6 Å². The van der Waals surface area contributed by atoms with Gasteiger partial charge in [0, 0.05) is 24.5 Å². The fourth-order valence-electron chi connectivity index (χ4n) is 2.14. The molecule has 0 radical (unpaired) electrons. The molecule has 6 nitrogen and oxygen atoms in total. The number of aromatic nitrogens is 4. The van der Waals surface area contributed by atoms with Crippen molar-refractivity contribution in [1.82, 2.24) is 19.6 Å². The predicted molar refractivity (Wildman–Crippen MR) is 99.3 cm³/mol. The van der Waals surface area contributed by atoms with Gasteiger partial charge in [-0.25, -0.2) is 0 Å². The van der Waals surface area contributed by atoms with E-state index in [9.17, 15) is 4.79 Å². The summed E-state index contributed by atoms with van der Waals surface area (Å²) in [6, 6.07) is 7.56. The van der Waals surface area contributed by atoms with Crippen LogP contribution in [0.3, 0.4) is 0 Å². The lowest BCUT2D eigenvalue weighted by Crippen LogP contribution is -2.14. The van der Waals surface area contributed by atoms with Crippen molar-refractivity contribution >= 4 is 55.2 Å². The molecule has 24 heavy (non-hydrogen) atoms. The molecule has 0 bridgehead atoms. The maximum atomic E-state index is 12.3. The normalized spacial score (nSPS) is 10.8. The highest BCUT2D eigenvalue weighted by atomic mass is 79.9. The second-order valence-electron chi connectivity index (χ2n) is 5.07. The van der Waals surface area contributed by atoms with E-state index < -0.39 is 0 Å². The number of nitrogens with one attached hydrogen (secondary N) is 1. The zero-order valence-electron chi connectivity index (χ0n) is 12.5. The summed E-state index contributed by atoms with van der Waals surface area (Å²) in [5.41, 5.74) is 1.24. The number of anilines is 1. The minimum Gasteiger partial charge on any atom is -0.303 e. The van der Waals surface area contributed by atoms with Gasteiger partial charge >= 0.3 is 0 Å². The molecule has 3 aromatic rings. The van der Waals surface area contributed by atoms with Crippen LogP contribution in [0.5, 0.6) is 0 Å². The number of hydrogen-bond acceptors (Lipinski definition) is 3. The summed E-state index contributed by atoms with van der Waals surface area (Å²) in [5, 5.41) is 11.9. The van der Waals surface area contributed by atoms with Gasteiger partial charge in [-0.15, -0.1) is 0 Å². The van der Waals surface area contributed by atoms with Crippen molar-refractivity contribution in [3.8, 4) is 0 Å². The summed E-state index contributed by atoms with van der Waals surface area (Å²) in [4.78, 5) is 12.3. The summed E-state index contributed by atoms with van der Waals surface area (Å²) in [6.45, 7) is 0.501. The molecule has 0 aliphatic rings. The third kappa shape index (κ3) is 3.71. The lowest BCUT2D eigenvalue weighted by atomic mass is 10.2. The molecule has 3 rings (SSSR count). The summed E-state index contributed by atoms with van der Waals surface area (Å²) < 4.78 is 4.56. The molecule has 1 amide bonds. The van der Waals surface area contributed by atoms with Crippen LogP contribution in [0.4, 0.5) is 5.82 Å². The molecular weight excluding hydrogens is 461 g/mol. The second kappa shape index (κ2) is 7.08. The molecule has 0 aliphatic heterocycles. The topological polar surface area (TPSA) is 64.7 Å². The highest BCUT2D eigenvalue weighted by Gasteiger charge is 2.17. The third-order valence-corrected chi connectivity index (χ3v) is 4.77. The van der Waals surface area contributed by atoms with E-state index in [1.54, 1.807) is 28.8 Å². The first kappa shape index (κ1) is 17.2. The average molecular weight is 474 g/mol. The SMILES string of the molecule is Cn1cc(Br)c(C(=O)Nc2nn(Cc3ccccc3Cl)cc2Br)n1. The molecular formula is C15H12Br2ClN5O. The van der Waals surface area contributed by atoms with Crippen molar-refractivity contribution in [3.63, 3.8) is 0 Å². The number of benzene rings is 1. The third-order valence-electron chi connectivity index (χ3n) is 3.24. The Morgan fingerprint density at radius 1 is 1.21 bits per heavy atom. The Hall–Kier alpha value is -1.64. The number of carbonyl (C=O) groups is 1.